The summed E-state index contributed by atoms with van der Waals surface area (Å²) >= 11 is 12.7. The smallest absolute Gasteiger partial charge is 0.367 e. The van der Waals surface area contributed by atoms with Gasteiger partial charge in [-0.2, -0.15) is 0 Å². The molecule has 2 aromatic rings. The molecule has 19 heavy (non-hydrogen) atoms. The Morgan fingerprint density at radius 1 is 1.42 bits per heavy atom. The lowest BCUT2D eigenvalue weighted by Gasteiger charge is -2.02. The van der Waals surface area contributed by atoms with E-state index >= 15 is 0 Å². The predicted octanol–water partition coefficient (Wildman–Crippen LogP) is 4.43. The zero-order valence-electron chi connectivity index (χ0n) is 9.75. The zero-order valence-corrected chi connectivity index (χ0v) is 12.1. The number of thiazole rings is 1. The molecule has 0 aliphatic heterocycles. The van der Waals surface area contributed by atoms with E-state index < -0.39 is 11.8 Å². The molecule has 0 saturated heterocycles. The largest absolute Gasteiger partial charge is 0.461 e. The van der Waals surface area contributed by atoms with Crippen LogP contribution in [0.5, 0.6) is 0 Å². The summed E-state index contributed by atoms with van der Waals surface area (Å²) in [5, 5.41) is 2.02. The molecule has 1 aromatic heterocycles. The molecule has 0 fully saturated rings. The van der Waals surface area contributed by atoms with Gasteiger partial charge < -0.3 is 4.74 Å². The predicted molar refractivity (Wildman–Crippen MR) is 73.5 cm³/mol. The van der Waals surface area contributed by atoms with E-state index in [0.29, 0.717) is 11.3 Å². The summed E-state index contributed by atoms with van der Waals surface area (Å²) in [4.78, 5) is 15.6. The van der Waals surface area contributed by atoms with Gasteiger partial charge >= 0.3 is 5.97 Å². The number of carbonyl (C=O) groups excluding carboxylic acids is 1. The Bertz CT molecular complexity index is 630. The van der Waals surface area contributed by atoms with Gasteiger partial charge in [0.15, 0.2) is 0 Å². The van der Waals surface area contributed by atoms with Crippen molar-refractivity contribution in [2.45, 2.75) is 6.92 Å². The molecule has 1 heterocycles. The van der Waals surface area contributed by atoms with Gasteiger partial charge in [-0.15, -0.1) is 11.3 Å². The number of hydrogen-bond donors (Lipinski definition) is 0. The summed E-state index contributed by atoms with van der Waals surface area (Å²) in [6.07, 6.45) is 0. The van der Waals surface area contributed by atoms with Crippen molar-refractivity contribution in [1.82, 2.24) is 4.98 Å². The minimum absolute atomic E-state index is 0.0606. The summed E-state index contributed by atoms with van der Waals surface area (Å²) in [5.74, 6) is -1.10. The zero-order chi connectivity index (χ0) is 14.0. The van der Waals surface area contributed by atoms with Gasteiger partial charge in [-0.05, 0) is 19.1 Å². The molecule has 1 aromatic carbocycles. The first-order valence-corrected chi connectivity index (χ1v) is 6.94. The summed E-state index contributed by atoms with van der Waals surface area (Å²) in [7, 11) is 0. The maximum absolute atomic E-state index is 13.4. The van der Waals surface area contributed by atoms with E-state index in [1.165, 1.54) is 12.1 Å². The van der Waals surface area contributed by atoms with Crippen LogP contribution in [0.25, 0.3) is 11.3 Å². The second kappa shape index (κ2) is 5.86. The average molecular weight is 320 g/mol. The van der Waals surface area contributed by atoms with Crippen molar-refractivity contribution in [3.8, 4) is 11.3 Å². The van der Waals surface area contributed by atoms with Gasteiger partial charge in [0.1, 0.15) is 5.82 Å². The molecule has 100 valence electrons. The minimum Gasteiger partial charge on any atom is -0.461 e. The first-order chi connectivity index (χ1) is 9.02. The number of hydrogen-bond acceptors (Lipinski definition) is 4. The third kappa shape index (κ3) is 3.05. The van der Waals surface area contributed by atoms with Crippen molar-refractivity contribution in [2.75, 3.05) is 6.61 Å². The minimum atomic E-state index is -0.591. The van der Waals surface area contributed by atoms with E-state index in [1.54, 1.807) is 12.3 Å². The molecule has 0 aliphatic carbocycles. The van der Waals surface area contributed by atoms with Crippen LogP contribution in [0.15, 0.2) is 17.5 Å². The fourth-order valence-corrected chi connectivity index (χ4v) is 2.59. The Morgan fingerprint density at radius 2 is 2.16 bits per heavy atom. The van der Waals surface area contributed by atoms with E-state index in [-0.39, 0.29) is 21.7 Å². The number of carbonyl (C=O) groups is 1. The van der Waals surface area contributed by atoms with Crippen molar-refractivity contribution >= 4 is 40.5 Å². The molecule has 0 radical (unpaired) electrons. The highest BCUT2D eigenvalue weighted by Gasteiger charge is 2.16. The van der Waals surface area contributed by atoms with Gasteiger partial charge in [-0.3, -0.25) is 0 Å². The van der Waals surface area contributed by atoms with Crippen molar-refractivity contribution in [1.29, 1.82) is 0 Å². The summed E-state index contributed by atoms with van der Waals surface area (Å²) in [6, 6.07) is 2.49. The molecule has 2 rings (SSSR count). The van der Waals surface area contributed by atoms with E-state index in [4.69, 9.17) is 27.9 Å². The van der Waals surface area contributed by atoms with Gasteiger partial charge in [-0.1, -0.05) is 23.2 Å². The molecular weight excluding hydrogens is 312 g/mol. The van der Waals surface area contributed by atoms with E-state index in [1.807, 2.05) is 0 Å². The quantitative estimate of drug-likeness (QED) is 0.620. The van der Waals surface area contributed by atoms with Crippen LogP contribution in [0.4, 0.5) is 4.39 Å². The Labute approximate surface area is 122 Å². The van der Waals surface area contributed by atoms with Crippen LogP contribution in [-0.4, -0.2) is 17.6 Å². The molecule has 0 atom stereocenters. The second-order valence-corrected chi connectivity index (χ2v) is 5.18. The summed E-state index contributed by atoms with van der Waals surface area (Å²) < 4.78 is 18.3. The van der Waals surface area contributed by atoms with Crippen molar-refractivity contribution in [3.63, 3.8) is 0 Å². The third-order valence-corrected chi connectivity index (χ3v) is 3.66. The first-order valence-electron chi connectivity index (χ1n) is 5.30. The summed E-state index contributed by atoms with van der Waals surface area (Å²) in [6.45, 7) is 1.97. The van der Waals surface area contributed by atoms with Crippen LogP contribution in [0, 0.1) is 5.82 Å². The maximum Gasteiger partial charge on any atom is 0.367 e. The maximum atomic E-state index is 13.4. The number of rotatable bonds is 3. The normalized spacial score (nSPS) is 10.5. The van der Waals surface area contributed by atoms with Crippen molar-refractivity contribution < 1.29 is 13.9 Å². The van der Waals surface area contributed by atoms with Crippen molar-refractivity contribution in [3.05, 3.63) is 38.4 Å². The number of esters is 1. The highest BCUT2D eigenvalue weighted by molar-refractivity contribution is 7.11. The van der Waals surface area contributed by atoms with Crippen LogP contribution in [0.1, 0.15) is 16.7 Å². The lowest BCUT2D eigenvalue weighted by atomic mass is 10.2. The fraction of sp³-hybridized carbons (Fsp3) is 0.167. The number of ether oxygens (including phenoxy) is 1. The van der Waals surface area contributed by atoms with Gasteiger partial charge in [0.05, 0.1) is 22.3 Å². The third-order valence-electron chi connectivity index (χ3n) is 2.24. The standard InChI is InChI=1S/C12H8Cl2FNO2S/c1-2-18-12(17)11-16-10(5-19-11)6-3-9(15)8(14)4-7(6)13/h3-5H,2H2,1H3. The van der Waals surface area contributed by atoms with Crippen LogP contribution in [-0.2, 0) is 4.74 Å². The van der Waals surface area contributed by atoms with E-state index in [9.17, 15) is 9.18 Å². The van der Waals surface area contributed by atoms with Gasteiger partial charge in [0, 0.05) is 10.9 Å². The number of aromatic nitrogens is 1. The van der Waals surface area contributed by atoms with Crippen molar-refractivity contribution in [2.24, 2.45) is 0 Å². The molecule has 0 bridgehead atoms. The molecule has 3 nitrogen and oxygen atoms in total. The Kier molecular flexibility index (Phi) is 4.39. The Balaban J connectivity index is 2.38. The number of halogens is 3. The Morgan fingerprint density at radius 3 is 2.84 bits per heavy atom. The second-order valence-electron chi connectivity index (χ2n) is 3.50. The van der Waals surface area contributed by atoms with Crippen LogP contribution in [0.3, 0.4) is 0 Å². The molecule has 7 heteroatoms. The summed E-state index contributed by atoms with van der Waals surface area (Å²) in [5.41, 5.74) is 0.795. The highest BCUT2D eigenvalue weighted by atomic mass is 35.5. The Hall–Kier alpha value is -1.17. The lowest BCUT2D eigenvalue weighted by Crippen LogP contribution is -2.03. The SMILES string of the molecule is CCOC(=O)c1nc(-c2cc(F)c(Cl)cc2Cl)cs1. The topological polar surface area (TPSA) is 39.2 Å². The van der Waals surface area contributed by atoms with Crippen LogP contribution < -0.4 is 0 Å². The molecule has 0 unspecified atom stereocenters. The monoisotopic (exact) mass is 319 g/mol. The van der Waals surface area contributed by atoms with E-state index in [0.717, 1.165) is 11.3 Å². The number of nitrogens with zero attached hydrogens (tertiary/aromatic N) is 1. The van der Waals surface area contributed by atoms with E-state index in [2.05, 4.69) is 4.98 Å². The molecule has 0 spiro atoms. The molecule has 0 aliphatic rings. The van der Waals surface area contributed by atoms with Crippen LogP contribution >= 0.6 is 34.5 Å². The number of benzene rings is 1. The van der Waals surface area contributed by atoms with Gasteiger partial charge in [0.25, 0.3) is 0 Å². The average Bonchev–Trinajstić information content (AvgIpc) is 2.83. The van der Waals surface area contributed by atoms with Gasteiger partial charge in [-0.25, -0.2) is 14.2 Å². The van der Waals surface area contributed by atoms with Gasteiger partial charge in [0.2, 0.25) is 5.01 Å². The molecule has 0 N–H and O–H groups in total. The fourth-order valence-electron chi connectivity index (χ4n) is 1.40. The van der Waals surface area contributed by atoms with Crippen LogP contribution in [0.2, 0.25) is 10.0 Å². The highest BCUT2D eigenvalue weighted by Crippen LogP contribution is 2.32. The molecule has 0 saturated carbocycles. The molecular formula is C12H8Cl2FNO2S. The lowest BCUT2D eigenvalue weighted by molar-refractivity contribution is 0.0526. The first kappa shape index (κ1) is 14.2. The molecule has 0 amide bonds.